The predicted molar refractivity (Wildman–Crippen MR) is 85.5 cm³/mol. The molecule has 8 heteroatoms. The second-order valence-electron chi connectivity index (χ2n) is 6.04. The van der Waals surface area contributed by atoms with Crippen LogP contribution in [0.3, 0.4) is 0 Å². The van der Waals surface area contributed by atoms with E-state index in [2.05, 4.69) is 25.1 Å². The summed E-state index contributed by atoms with van der Waals surface area (Å²) in [5.74, 6) is -0.268. The van der Waals surface area contributed by atoms with Gasteiger partial charge in [-0.2, -0.15) is 5.10 Å². The van der Waals surface area contributed by atoms with Crippen molar-refractivity contribution in [2.75, 3.05) is 6.54 Å². The lowest BCUT2D eigenvalue weighted by atomic mass is 9.97. The molecule has 0 amide bonds. The highest BCUT2D eigenvalue weighted by atomic mass is 16.4. The van der Waals surface area contributed by atoms with Crippen LogP contribution in [0.5, 0.6) is 0 Å². The van der Waals surface area contributed by atoms with Crippen LogP contribution >= 0.6 is 0 Å². The van der Waals surface area contributed by atoms with E-state index in [0.29, 0.717) is 18.0 Å². The average Bonchev–Trinajstić information content (AvgIpc) is 3.21. The number of aromatic carboxylic acids is 1. The van der Waals surface area contributed by atoms with Crippen LogP contribution in [0.2, 0.25) is 0 Å². The number of carbonyl (C=O) groups is 1. The third kappa shape index (κ3) is 2.65. The van der Waals surface area contributed by atoms with Crippen LogP contribution in [-0.4, -0.2) is 47.1 Å². The van der Waals surface area contributed by atoms with Crippen LogP contribution < -0.4 is 0 Å². The van der Waals surface area contributed by atoms with Crippen molar-refractivity contribution in [1.82, 2.24) is 29.5 Å². The molecule has 24 heavy (non-hydrogen) atoms. The Kier molecular flexibility index (Phi) is 3.73. The number of hydrogen-bond donors (Lipinski definition) is 2. The van der Waals surface area contributed by atoms with Gasteiger partial charge in [0.25, 0.3) is 0 Å². The van der Waals surface area contributed by atoms with E-state index in [1.165, 1.54) is 6.20 Å². The highest BCUT2D eigenvalue weighted by Gasteiger charge is 2.29. The molecular formula is C16H18N6O2. The van der Waals surface area contributed by atoms with Gasteiger partial charge >= 0.3 is 5.97 Å². The van der Waals surface area contributed by atoms with Crippen molar-refractivity contribution < 1.29 is 9.90 Å². The highest BCUT2D eigenvalue weighted by molar-refractivity contribution is 5.88. The smallest absolute Gasteiger partial charge is 0.339 e. The molecule has 1 saturated heterocycles. The summed E-state index contributed by atoms with van der Waals surface area (Å²) in [6.45, 7) is 1.57. The van der Waals surface area contributed by atoms with E-state index in [-0.39, 0.29) is 11.6 Å². The number of carboxylic acids is 1. The van der Waals surface area contributed by atoms with Crippen LogP contribution in [0.4, 0.5) is 0 Å². The molecule has 0 saturated carbocycles. The molecule has 1 atom stereocenters. The van der Waals surface area contributed by atoms with Gasteiger partial charge in [-0.25, -0.2) is 14.8 Å². The molecule has 4 rings (SSSR count). The topological polar surface area (TPSA) is 99.4 Å². The van der Waals surface area contributed by atoms with Gasteiger partial charge < -0.3 is 5.11 Å². The Labute approximate surface area is 138 Å². The van der Waals surface area contributed by atoms with E-state index in [4.69, 9.17) is 0 Å². The minimum atomic E-state index is -0.943. The molecule has 1 aliphatic heterocycles. The van der Waals surface area contributed by atoms with Crippen molar-refractivity contribution in [3.8, 4) is 0 Å². The van der Waals surface area contributed by atoms with E-state index < -0.39 is 5.97 Å². The quantitative estimate of drug-likeness (QED) is 0.759. The first-order valence-corrected chi connectivity index (χ1v) is 8.01. The van der Waals surface area contributed by atoms with E-state index in [0.717, 1.165) is 31.5 Å². The zero-order chi connectivity index (χ0) is 16.5. The number of piperidine rings is 1. The minimum Gasteiger partial charge on any atom is -0.478 e. The zero-order valence-electron chi connectivity index (χ0n) is 13.1. The van der Waals surface area contributed by atoms with Crippen molar-refractivity contribution in [3.63, 3.8) is 0 Å². The van der Waals surface area contributed by atoms with Crippen molar-refractivity contribution in [2.24, 2.45) is 0 Å². The second kappa shape index (κ2) is 6.04. The molecule has 124 valence electrons. The summed E-state index contributed by atoms with van der Waals surface area (Å²) in [6.07, 6.45) is 10.1. The Morgan fingerprint density at radius 1 is 1.42 bits per heavy atom. The summed E-state index contributed by atoms with van der Waals surface area (Å²) < 4.78 is 1.90. The Morgan fingerprint density at radius 3 is 3.17 bits per heavy atom. The molecule has 8 nitrogen and oxygen atoms in total. The lowest BCUT2D eigenvalue weighted by molar-refractivity contribution is 0.0688. The van der Waals surface area contributed by atoms with Crippen LogP contribution in [0.1, 0.15) is 47.1 Å². The molecule has 3 aromatic heterocycles. The predicted octanol–water partition coefficient (Wildman–Crippen LogP) is 1.88. The van der Waals surface area contributed by atoms with Gasteiger partial charge in [0.05, 0.1) is 23.6 Å². The van der Waals surface area contributed by atoms with E-state index in [1.807, 2.05) is 22.9 Å². The number of nitrogens with zero attached hydrogens (tertiary/aromatic N) is 5. The number of carboxylic acid groups (broad SMARTS) is 1. The molecular weight excluding hydrogens is 308 g/mol. The molecule has 0 bridgehead atoms. The summed E-state index contributed by atoms with van der Waals surface area (Å²) in [5, 5.41) is 16.2. The number of imidazole rings is 1. The SMILES string of the molecule is O=C(O)c1cn[nH]c1C1CCCCN1Cc1cn2cccnc2n1. The van der Waals surface area contributed by atoms with Crippen molar-refractivity contribution in [3.05, 3.63) is 47.8 Å². The number of aromatic nitrogens is 5. The van der Waals surface area contributed by atoms with Gasteiger partial charge in [-0.3, -0.25) is 14.4 Å². The van der Waals surface area contributed by atoms with E-state index >= 15 is 0 Å². The number of aromatic amines is 1. The first kappa shape index (κ1) is 14.8. The number of likely N-dealkylation sites (tertiary alicyclic amines) is 1. The summed E-state index contributed by atoms with van der Waals surface area (Å²) in [4.78, 5) is 22.5. The van der Waals surface area contributed by atoms with Gasteiger partial charge in [0.2, 0.25) is 5.78 Å². The molecule has 1 unspecified atom stereocenters. The number of rotatable bonds is 4. The van der Waals surface area contributed by atoms with Gasteiger partial charge in [-0.15, -0.1) is 0 Å². The largest absolute Gasteiger partial charge is 0.478 e. The molecule has 0 spiro atoms. The highest BCUT2D eigenvalue weighted by Crippen LogP contribution is 2.32. The lowest BCUT2D eigenvalue weighted by Gasteiger charge is -2.34. The van der Waals surface area contributed by atoms with Crippen molar-refractivity contribution in [1.29, 1.82) is 0 Å². The summed E-state index contributed by atoms with van der Waals surface area (Å²) >= 11 is 0. The standard InChI is InChI=1S/C16H18N6O2/c23-15(24)12-8-18-20-14(12)13-4-1-2-6-21(13)9-11-10-22-7-3-5-17-16(22)19-11/h3,5,7-8,10,13H,1-2,4,6,9H2,(H,18,20)(H,23,24). The Balaban J connectivity index is 1.62. The van der Waals surface area contributed by atoms with Crippen molar-refractivity contribution >= 4 is 11.7 Å². The maximum Gasteiger partial charge on any atom is 0.339 e. The number of H-pyrrole nitrogens is 1. The molecule has 2 N–H and O–H groups in total. The number of hydrogen-bond acceptors (Lipinski definition) is 5. The third-order valence-corrected chi connectivity index (χ3v) is 4.50. The van der Waals surface area contributed by atoms with Crippen LogP contribution in [-0.2, 0) is 6.54 Å². The molecule has 3 aromatic rings. The van der Waals surface area contributed by atoms with Crippen molar-refractivity contribution in [2.45, 2.75) is 31.8 Å². The molecule has 1 fully saturated rings. The maximum absolute atomic E-state index is 11.4. The number of fused-ring (bicyclic) bond motifs is 1. The molecule has 0 radical (unpaired) electrons. The number of nitrogens with one attached hydrogen (secondary N) is 1. The molecule has 0 aliphatic carbocycles. The summed E-state index contributed by atoms with van der Waals surface area (Å²) in [5.41, 5.74) is 1.87. The summed E-state index contributed by atoms with van der Waals surface area (Å²) in [6, 6.07) is 1.89. The minimum absolute atomic E-state index is 0.0186. The molecule has 4 heterocycles. The first-order valence-electron chi connectivity index (χ1n) is 8.01. The monoisotopic (exact) mass is 326 g/mol. The third-order valence-electron chi connectivity index (χ3n) is 4.50. The molecule has 0 aromatic carbocycles. The van der Waals surface area contributed by atoms with Crippen LogP contribution in [0, 0.1) is 0 Å². The summed E-state index contributed by atoms with van der Waals surface area (Å²) in [7, 11) is 0. The Hall–Kier alpha value is -2.74. The molecule has 1 aliphatic rings. The first-order chi connectivity index (χ1) is 11.7. The maximum atomic E-state index is 11.4. The van der Waals surface area contributed by atoms with Gasteiger partial charge in [-0.1, -0.05) is 6.42 Å². The van der Waals surface area contributed by atoms with Gasteiger partial charge in [0, 0.05) is 25.1 Å². The zero-order valence-corrected chi connectivity index (χ0v) is 13.1. The van der Waals surface area contributed by atoms with Crippen LogP contribution in [0.15, 0.2) is 30.9 Å². The normalized spacial score (nSPS) is 18.9. The Bertz CT molecular complexity index is 837. The van der Waals surface area contributed by atoms with Crippen LogP contribution in [0.25, 0.3) is 5.78 Å². The van der Waals surface area contributed by atoms with E-state index in [9.17, 15) is 9.90 Å². The average molecular weight is 326 g/mol. The second-order valence-corrected chi connectivity index (χ2v) is 6.04. The van der Waals surface area contributed by atoms with Gasteiger partial charge in [0.15, 0.2) is 0 Å². The fourth-order valence-electron chi connectivity index (χ4n) is 3.39. The fourth-order valence-corrected chi connectivity index (χ4v) is 3.39. The fraction of sp³-hybridized carbons (Fsp3) is 0.375. The van der Waals surface area contributed by atoms with Gasteiger partial charge in [0.1, 0.15) is 5.56 Å². The van der Waals surface area contributed by atoms with Gasteiger partial charge in [-0.05, 0) is 25.5 Å². The Morgan fingerprint density at radius 2 is 2.33 bits per heavy atom. The van der Waals surface area contributed by atoms with E-state index in [1.54, 1.807) is 6.20 Å². The lowest BCUT2D eigenvalue weighted by Crippen LogP contribution is -2.34.